The van der Waals surface area contributed by atoms with Crippen molar-refractivity contribution >= 4 is 5.91 Å². The molecule has 0 N–H and O–H groups in total. The van der Waals surface area contributed by atoms with E-state index in [4.69, 9.17) is 9.47 Å². The maximum atomic E-state index is 12.4. The van der Waals surface area contributed by atoms with Gasteiger partial charge in [0.2, 0.25) is 0 Å². The van der Waals surface area contributed by atoms with Gasteiger partial charge in [-0.1, -0.05) is 17.7 Å². The van der Waals surface area contributed by atoms with E-state index in [1.165, 1.54) is 5.56 Å². The molecular weight excluding hydrogens is 242 g/mol. The molecule has 1 saturated heterocycles. The van der Waals surface area contributed by atoms with Gasteiger partial charge in [-0.2, -0.15) is 0 Å². The number of benzene rings is 1. The van der Waals surface area contributed by atoms with Crippen LogP contribution in [-0.2, 0) is 16.1 Å². The molecule has 1 aromatic carbocycles. The van der Waals surface area contributed by atoms with Crippen molar-refractivity contribution in [2.75, 3.05) is 19.8 Å². The van der Waals surface area contributed by atoms with Crippen molar-refractivity contribution in [2.45, 2.75) is 32.4 Å². The minimum absolute atomic E-state index is 0.107. The van der Waals surface area contributed by atoms with Crippen molar-refractivity contribution in [3.63, 3.8) is 0 Å². The van der Waals surface area contributed by atoms with E-state index in [1.54, 1.807) is 0 Å². The maximum absolute atomic E-state index is 12.4. The second kappa shape index (κ2) is 5.21. The van der Waals surface area contributed by atoms with E-state index < -0.39 is 0 Å². The quantitative estimate of drug-likeness (QED) is 0.775. The molecule has 4 heteroatoms. The summed E-state index contributed by atoms with van der Waals surface area (Å²) in [6.07, 6.45) is 1.58. The molecule has 0 bridgehead atoms. The van der Waals surface area contributed by atoms with Crippen molar-refractivity contribution in [2.24, 2.45) is 0 Å². The Balaban J connectivity index is 1.79. The molecule has 2 aliphatic rings. The summed E-state index contributed by atoms with van der Waals surface area (Å²) >= 11 is 0. The van der Waals surface area contributed by atoms with Crippen LogP contribution in [0.4, 0.5) is 0 Å². The van der Waals surface area contributed by atoms with Crippen LogP contribution in [-0.4, -0.2) is 36.7 Å². The number of carbonyl (C=O) groups is 1. The molecule has 0 aromatic heterocycles. The summed E-state index contributed by atoms with van der Waals surface area (Å²) in [7, 11) is 0. The molecule has 0 aliphatic carbocycles. The average molecular weight is 261 g/mol. The van der Waals surface area contributed by atoms with Crippen LogP contribution in [0.15, 0.2) is 18.2 Å². The minimum Gasteiger partial charge on any atom is -0.491 e. The normalized spacial score (nSPS) is 22.6. The van der Waals surface area contributed by atoms with E-state index in [-0.39, 0.29) is 12.0 Å². The predicted molar refractivity (Wildman–Crippen MR) is 71.1 cm³/mol. The Kier molecular flexibility index (Phi) is 3.42. The van der Waals surface area contributed by atoms with Crippen LogP contribution in [0.3, 0.4) is 0 Å². The number of carbonyl (C=O) groups excluding carboxylic acids is 1. The number of aryl methyl sites for hydroxylation is 1. The molecule has 0 unspecified atom stereocenters. The van der Waals surface area contributed by atoms with Crippen molar-refractivity contribution < 1.29 is 14.3 Å². The average Bonchev–Trinajstić information content (AvgIpc) is 2.85. The molecule has 3 rings (SSSR count). The van der Waals surface area contributed by atoms with Gasteiger partial charge in [-0.15, -0.1) is 0 Å². The molecule has 0 spiro atoms. The van der Waals surface area contributed by atoms with Crippen LogP contribution in [0, 0.1) is 6.92 Å². The van der Waals surface area contributed by atoms with E-state index >= 15 is 0 Å². The molecule has 1 aromatic rings. The Hall–Kier alpha value is -1.55. The highest BCUT2D eigenvalue weighted by Gasteiger charge is 2.29. The van der Waals surface area contributed by atoms with E-state index in [0.717, 1.165) is 24.2 Å². The third-order valence-electron chi connectivity index (χ3n) is 3.71. The Bertz CT molecular complexity index is 480. The fraction of sp³-hybridized carbons (Fsp3) is 0.533. The molecule has 4 nitrogen and oxygen atoms in total. The number of hydrogen-bond acceptors (Lipinski definition) is 3. The zero-order valence-corrected chi connectivity index (χ0v) is 11.2. The standard InChI is InChI=1S/C15H19NO3/c1-11-4-5-13-12(9-11)10-16(6-8-19-13)15(17)14-3-2-7-18-14/h4-5,9,14H,2-3,6-8,10H2,1H3/t14-/m0/s1. The SMILES string of the molecule is Cc1ccc2c(c1)CN(C(=O)[C@@H]1CCCO1)CCO2. The predicted octanol–water partition coefficient (Wildman–Crippen LogP) is 1.90. The second-order valence-corrected chi connectivity index (χ2v) is 5.22. The summed E-state index contributed by atoms with van der Waals surface area (Å²) in [6, 6.07) is 6.12. The first-order chi connectivity index (χ1) is 9.24. The van der Waals surface area contributed by atoms with Gasteiger partial charge in [0.05, 0.1) is 6.54 Å². The number of fused-ring (bicyclic) bond motifs is 1. The zero-order valence-electron chi connectivity index (χ0n) is 11.2. The van der Waals surface area contributed by atoms with Crippen LogP contribution >= 0.6 is 0 Å². The topological polar surface area (TPSA) is 38.8 Å². The van der Waals surface area contributed by atoms with Gasteiger partial charge in [-0.3, -0.25) is 4.79 Å². The lowest BCUT2D eigenvalue weighted by Gasteiger charge is -2.23. The van der Waals surface area contributed by atoms with Crippen LogP contribution < -0.4 is 4.74 Å². The first-order valence-electron chi connectivity index (χ1n) is 6.87. The summed E-state index contributed by atoms with van der Waals surface area (Å²) in [4.78, 5) is 14.3. The van der Waals surface area contributed by atoms with Crippen LogP contribution in [0.25, 0.3) is 0 Å². The first kappa shape index (κ1) is 12.5. The van der Waals surface area contributed by atoms with Gasteiger partial charge >= 0.3 is 0 Å². The maximum Gasteiger partial charge on any atom is 0.252 e. The lowest BCUT2D eigenvalue weighted by molar-refractivity contribution is -0.141. The van der Waals surface area contributed by atoms with Gasteiger partial charge in [-0.25, -0.2) is 0 Å². The summed E-state index contributed by atoms with van der Waals surface area (Å²) < 4.78 is 11.2. The fourth-order valence-electron chi connectivity index (χ4n) is 2.69. The first-order valence-corrected chi connectivity index (χ1v) is 6.87. The second-order valence-electron chi connectivity index (χ2n) is 5.22. The van der Waals surface area contributed by atoms with Crippen molar-refractivity contribution in [1.29, 1.82) is 0 Å². The van der Waals surface area contributed by atoms with E-state index in [0.29, 0.717) is 26.3 Å². The lowest BCUT2D eigenvalue weighted by atomic mass is 10.1. The number of rotatable bonds is 1. The van der Waals surface area contributed by atoms with Crippen molar-refractivity contribution in [3.05, 3.63) is 29.3 Å². The Morgan fingerprint density at radius 2 is 2.26 bits per heavy atom. The third-order valence-corrected chi connectivity index (χ3v) is 3.71. The van der Waals surface area contributed by atoms with Gasteiger partial charge in [0.1, 0.15) is 18.5 Å². The van der Waals surface area contributed by atoms with Crippen molar-refractivity contribution in [1.82, 2.24) is 4.90 Å². The van der Waals surface area contributed by atoms with Crippen LogP contribution in [0.5, 0.6) is 5.75 Å². The van der Waals surface area contributed by atoms with E-state index in [9.17, 15) is 4.79 Å². The van der Waals surface area contributed by atoms with Crippen LogP contribution in [0.2, 0.25) is 0 Å². The van der Waals surface area contributed by atoms with E-state index in [1.807, 2.05) is 17.0 Å². The number of ether oxygens (including phenoxy) is 2. The van der Waals surface area contributed by atoms with Crippen LogP contribution in [0.1, 0.15) is 24.0 Å². The Morgan fingerprint density at radius 1 is 1.37 bits per heavy atom. The monoisotopic (exact) mass is 261 g/mol. The molecule has 1 atom stereocenters. The van der Waals surface area contributed by atoms with Gasteiger partial charge in [0.25, 0.3) is 5.91 Å². The molecule has 19 heavy (non-hydrogen) atoms. The number of amides is 1. The summed E-state index contributed by atoms with van der Waals surface area (Å²) in [5.41, 5.74) is 2.28. The van der Waals surface area contributed by atoms with Gasteiger partial charge in [-0.05, 0) is 25.8 Å². The van der Waals surface area contributed by atoms with Gasteiger partial charge in [0, 0.05) is 18.7 Å². The number of nitrogens with zero attached hydrogens (tertiary/aromatic N) is 1. The summed E-state index contributed by atoms with van der Waals surface area (Å²) in [5, 5.41) is 0. The molecule has 2 aliphatic heterocycles. The lowest BCUT2D eigenvalue weighted by Crippen LogP contribution is -2.39. The minimum atomic E-state index is -0.244. The molecule has 102 valence electrons. The van der Waals surface area contributed by atoms with Crippen molar-refractivity contribution in [3.8, 4) is 5.75 Å². The third kappa shape index (κ3) is 2.59. The highest BCUT2D eigenvalue weighted by atomic mass is 16.5. The zero-order chi connectivity index (χ0) is 13.2. The summed E-state index contributed by atoms with van der Waals surface area (Å²) in [5.74, 6) is 1.00. The molecule has 0 saturated carbocycles. The summed E-state index contributed by atoms with van der Waals surface area (Å²) in [6.45, 7) is 4.56. The highest BCUT2D eigenvalue weighted by molar-refractivity contribution is 5.81. The number of hydrogen-bond donors (Lipinski definition) is 0. The largest absolute Gasteiger partial charge is 0.491 e. The molecule has 0 radical (unpaired) electrons. The van der Waals surface area contributed by atoms with Gasteiger partial charge in [0.15, 0.2) is 0 Å². The van der Waals surface area contributed by atoms with Gasteiger partial charge < -0.3 is 14.4 Å². The molecular formula is C15H19NO3. The Labute approximate surface area is 113 Å². The van der Waals surface area contributed by atoms with E-state index in [2.05, 4.69) is 13.0 Å². The Morgan fingerprint density at radius 3 is 3.05 bits per heavy atom. The fourth-order valence-corrected chi connectivity index (χ4v) is 2.69. The smallest absolute Gasteiger partial charge is 0.252 e. The highest BCUT2D eigenvalue weighted by Crippen LogP contribution is 2.25. The molecule has 1 amide bonds. The molecule has 2 heterocycles. The molecule has 1 fully saturated rings.